The number of aliphatic hydroxyl groups excluding tert-OH is 1. The summed E-state index contributed by atoms with van der Waals surface area (Å²) < 4.78 is 5.31. The lowest BCUT2D eigenvalue weighted by molar-refractivity contribution is 0.146. The number of hydrogen-bond acceptors (Lipinski definition) is 5. The zero-order chi connectivity index (χ0) is 17.5. The Kier molecular flexibility index (Phi) is 6.44. The standard InChI is InChI=1S/C19H28N4O2/c1-25-18-4-2-3-16(11-18)19-17(14-21-22-19)13-20-12-15-5-7-23(8-6-15)9-10-24/h2-4,11,14-15,20,24H,5-10,12-13H2,1H3,(H,21,22). The topological polar surface area (TPSA) is 73.4 Å². The summed E-state index contributed by atoms with van der Waals surface area (Å²) in [6, 6.07) is 8.03. The van der Waals surface area contributed by atoms with Crippen LogP contribution in [0.3, 0.4) is 0 Å². The number of aromatic amines is 1. The second kappa shape index (κ2) is 8.99. The maximum absolute atomic E-state index is 9.01. The number of piperidine rings is 1. The van der Waals surface area contributed by atoms with Gasteiger partial charge in [0.15, 0.2) is 0 Å². The molecule has 3 N–H and O–H groups in total. The minimum Gasteiger partial charge on any atom is -0.497 e. The third-order valence-corrected chi connectivity index (χ3v) is 4.95. The fourth-order valence-electron chi connectivity index (χ4n) is 3.44. The van der Waals surface area contributed by atoms with Gasteiger partial charge in [-0.15, -0.1) is 0 Å². The van der Waals surface area contributed by atoms with E-state index in [9.17, 15) is 0 Å². The average Bonchev–Trinajstić information content (AvgIpc) is 3.12. The number of nitrogens with zero attached hydrogens (tertiary/aromatic N) is 2. The van der Waals surface area contributed by atoms with Crippen molar-refractivity contribution in [1.82, 2.24) is 20.4 Å². The van der Waals surface area contributed by atoms with Gasteiger partial charge in [0.1, 0.15) is 5.75 Å². The molecule has 0 aliphatic carbocycles. The zero-order valence-electron chi connectivity index (χ0n) is 14.9. The molecule has 1 fully saturated rings. The molecule has 0 saturated carbocycles. The van der Waals surface area contributed by atoms with Gasteiger partial charge < -0.3 is 20.1 Å². The van der Waals surface area contributed by atoms with Crippen molar-refractivity contribution < 1.29 is 9.84 Å². The molecular formula is C19H28N4O2. The van der Waals surface area contributed by atoms with Crippen LogP contribution in [0.25, 0.3) is 11.3 Å². The summed E-state index contributed by atoms with van der Waals surface area (Å²) in [4.78, 5) is 2.34. The molecule has 6 heteroatoms. The van der Waals surface area contributed by atoms with Gasteiger partial charge in [-0.2, -0.15) is 5.10 Å². The highest BCUT2D eigenvalue weighted by Crippen LogP contribution is 2.25. The van der Waals surface area contributed by atoms with E-state index in [2.05, 4.69) is 26.5 Å². The Bertz CT molecular complexity index is 650. The third kappa shape index (κ3) is 4.81. The molecule has 1 aliphatic rings. The van der Waals surface area contributed by atoms with Crippen molar-refractivity contribution >= 4 is 0 Å². The fraction of sp³-hybridized carbons (Fsp3) is 0.526. The summed E-state index contributed by atoms with van der Waals surface area (Å²) in [6.45, 7) is 5.08. The summed E-state index contributed by atoms with van der Waals surface area (Å²) in [6.07, 6.45) is 4.29. The summed E-state index contributed by atoms with van der Waals surface area (Å²) >= 11 is 0. The first kappa shape index (κ1) is 17.9. The van der Waals surface area contributed by atoms with E-state index in [1.54, 1.807) is 7.11 Å². The van der Waals surface area contributed by atoms with E-state index < -0.39 is 0 Å². The predicted molar refractivity (Wildman–Crippen MR) is 98.5 cm³/mol. The summed E-state index contributed by atoms with van der Waals surface area (Å²) in [7, 11) is 1.68. The molecule has 0 amide bonds. The van der Waals surface area contributed by atoms with Gasteiger partial charge >= 0.3 is 0 Å². The number of rotatable bonds is 8. The molecule has 0 unspecified atom stereocenters. The Hall–Kier alpha value is -1.89. The van der Waals surface area contributed by atoms with Crippen LogP contribution in [-0.4, -0.2) is 60.1 Å². The van der Waals surface area contributed by atoms with E-state index in [4.69, 9.17) is 9.84 Å². The highest BCUT2D eigenvalue weighted by molar-refractivity contribution is 5.64. The van der Waals surface area contributed by atoms with Gasteiger partial charge in [0.25, 0.3) is 0 Å². The van der Waals surface area contributed by atoms with Gasteiger partial charge in [0.2, 0.25) is 0 Å². The summed E-state index contributed by atoms with van der Waals surface area (Å²) in [5, 5.41) is 19.9. The van der Waals surface area contributed by atoms with E-state index in [1.165, 1.54) is 18.4 Å². The van der Waals surface area contributed by atoms with Crippen LogP contribution in [-0.2, 0) is 6.54 Å². The molecule has 136 valence electrons. The normalized spacial score (nSPS) is 16.2. The zero-order valence-corrected chi connectivity index (χ0v) is 14.9. The maximum atomic E-state index is 9.01. The Morgan fingerprint density at radius 3 is 2.96 bits per heavy atom. The maximum Gasteiger partial charge on any atom is 0.119 e. The predicted octanol–water partition coefficient (Wildman–Crippen LogP) is 1.88. The molecule has 1 aromatic heterocycles. The number of methoxy groups -OCH3 is 1. The molecule has 3 rings (SSSR count). The fourth-order valence-corrected chi connectivity index (χ4v) is 3.44. The first-order valence-electron chi connectivity index (χ1n) is 9.00. The van der Waals surface area contributed by atoms with Gasteiger partial charge in [0.05, 0.1) is 25.6 Å². The van der Waals surface area contributed by atoms with E-state index in [1.807, 2.05) is 24.4 Å². The minimum atomic E-state index is 0.260. The second-order valence-electron chi connectivity index (χ2n) is 6.64. The molecule has 0 radical (unpaired) electrons. The third-order valence-electron chi connectivity index (χ3n) is 4.95. The molecule has 25 heavy (non-hydrogen) atoms. The minimum absolute atomic E-state index is 0.260. The van der Waals surface area contributed by atoms with Crippen molar-refractivity contribution in [2.24, 2.45) is 5.92 Å². The lowest BCUT2D eigenvalue weighted by Crippen LogP contribution is -2.38. The number of nitrogens with one attached hydrogen (secondary N) is 2. The monoisotopic (exact) mass is 344 g/mol. The van der Waals surface area contributed by atoms with Crippen molar-refractivity contribution in [3.05, 3.63) is 36.0 Å². The van der Waals surface area contributed by atoms with Crippen molar-refractivity contribution in [3.8, 4) is 17.0 Å². The van der Waals surface area contributed by atoms with Gasteiger partial charge in [0, 0.05) is 24.2 Å². The highest BCUT2D eigenvalue weighted by Gasteiger charge is 2.18. The SMILES string of the molecule is COc1cccc(-c2[nH]ncc2CNCC2CCN(CCO)CC2)c1. The molecule has 2 aromatic rings. The molecule has 1 aliphatic heterocycles. The second-order valence-corrected chi connectivity index (χ2v) is 6.64. The largest absolute Gasteiger partial charge is 0.497 e. The first-order chi connectivity index (χ1) is 12.3. The van der Waals surface area contributed by atoms with Crippen molar-refractivity contribution in [2.45, 2.75) is 19.4 Å². The van der Waals surface area contributed by atoms with Gasteiger partial charge in [-0.05, 0) is 50.5 Å². The summed E-state index contributed by atoms with van der Waals surface area (Å²) in [5.74, 6) is 1.56. The Morgan fingerprint density at radius 1 is 1.36 bits per heavy atom. The number of ether oxygens (including phenoxy) is 1. The Balaban J connectivity index is 1.51. The number of benzene rings is 1. The number of H-pyrrole nitrogens is 1. The number of likely N-dealkylation sites (tertiary alicyclic amines) is 1. The van der Waals surface area contributed by atoms with E-state index >= 15 is 0 Å². The van der Waals surface area contributed by atoms with Crippen LogP contribution < -0.4 is 10.1 Å². The van der Waals surface area contributed by atoms with Gasteiger partial charge in [-0.3, -0.25) is 5.10 Å². The molecule has 1 saturated heterocycles. The van der Waals surface area contributed by atoms with E-state index in [0.717, 1.165) is 49.7 Å². The summed E-state index contributed by atoms with van der Waals surface area (Å²) in [5.41, 5.74) is 3.31. The molecule has 2 heterocycles. The van der Waals surface area contributed by atoms with Crippen molar-refractivity contribution in [1.29, 1.82) is 0 Å². The molecular weight excluding hydrogens is 316 g/mol. The smallest absolute Gasteiger partial charge is 0.119 e. The molecule has 0 atom stereocenters. The number of aliphatic hydroxyl groups is 1. The quantitative estimate of drug-likeness (QED) is 0.682. The van der Waals surface area contributed by atoms with Gasteiger partial charge in [-0.25, -0.2) is 0 Å². The van der Waals surface area contributed by atoms with Gasteiger partial charge in [-0.1, -0.05) is 12.1 Å². The van der Waals surface area contributed by atoms with Crippen LogP contribution in [0, 0.1) is 5.92 Å². The average molecular weight is 344 g/mol. The van der Waals surface area contributed by atoms with Crippen LogP contribution >= 0.6 is 0 Å². The Labute approximate surface area is 149 Å². The van der Waals surface area contributed by atoms with Crippen LogP contribution in [0.15, 0.2) is 30.5 Å². The highest BCUT2D eigenvalue weighted by atomic mass is 16.5. The molecule has 0 spiro atoms. The number of aromatic nitrogens is 2. The molecule has 6 nitrogen and oxygen atoms in total. The van der Waals surface area contributed by atoms with Crippen molar-refractivity contribution in [2.75, 3.05) is 39.9 Å². The lowest BCUT2D eigenvalue weighted by atomic mass is 9.96. The lowest BCUT2D eigenvalue weighted by Gasteiger charge is -2.31. The van der Waals surface area contributed by atoms with Crippen LogP contribution in [0.1, 0.15) is 18.4 Å². The van der Waals surface area contributed by atoms with Crippen molar-refractivity contribution in [3.63, 3.8) is 0 Å². The molecule has 0 bridgehead atoms. The first-order valence-corrected chi connectivity index (χ1v) is 9.00. The number of β-amino-alcohol motifs (C(OH)–C–C–N with tert-alkyl or cyclic N) is 1. The van der Waals surface area contributed by atoms with E-state index in [0.29, 0.717) is 5.92 Å². The van der Waals surface area contributed by atoms with E-state index in [-0.39, 0.29) is 6.61 Å². The Morgan fingerprint density at radius 2 is 2.20 bits per heavy atom. The van der Waals surface area contributed by atoms with Crippen LogP contribution in [0.4, 0.5) is 0 Å². The molecule has 1 aromatic carbocycles. The van der Waals surface area contributed by atoms with Crippen LogP contribution in [0.5, 0.6) is 5.75 Å². The van der Waals surface area contributed by atoms with Crippen LogP contribution in [0.2, 0.25) is 0 Å². The number of hydrogen-bond donors (Lipinski definition) is 3.